The van der Waals surface area contributed by atoms with Crippen molar-refractivity contribution in [3.8, 4) is 0 Å². The first kappa shape index (κ1) is 14.0. The van der Waals surface area contributed by atoms with E-state index in [1.54, 1.807) is 0 Å². The molecule has 0 aromatic carbocycles. The quantitative estimate of drug-likeness (QED) is 0.909. The molecule has 0 bridgehead atoms. The van der Waals surface area contributed by atoms with Gasteiger partial charge in [-0.25, -0.2) is 4.98 Å². The number of aromatic nitrogens is 1. The first-order valence-electron chi connectivity index (χ1n) is 7.05. The molecule has 2 heterocycles. The van der Waals surface area contributed by atoms with Crippen molar-refractivity contribution < 1.29 is 4.79 Å². The van der Waals surface area contributed by atoms with E-state index in [2.05, 4.69) is 29.0 Å². The lowest BCUT2D eigenvalue weighted by Crippen LogP contribution is -2.41. The molecule has 4 nitrogen and oxygen atoms in total. The van der Waals surface area contributed by atoms with Crippen LogP contribution in [0.15, 0.2) is 18.2 Å². The second-order valence-electron chi connectivity index (χ2n) is 5.56. The molecule has 1 aromatic rings. The third-order valence-electron chi connectivity index (χ3n) is 3.77. The molecule has 0 unspecified atom stereocenters. The number of pyridine rings is 1. The van der Waals surface area contributed by atoms with E-state index in [-0.39, 0.29) is 11.8 Å². The Morgan fingerprint density at radius 1 is 1.37 bits per heavy atom. The van der Waals surface area contributed by atoms with Gasteiger partial charge in [0.15, 0.2) is 0 Å². The van der Waals surface area contributed by atoms with E-state index in [0.717, 1.165) is 31.6 Å². The van der Waals surface area contributed by atoms with Crippen LogP contribution in [0.2, 0.25) is 0 Å². The number of anilines is 1. The summed E-state index contributed by atoms with van der Waals surface area (Å²) in [4.78, 5) is 18.9. The lowest BCUT2D eigenvalue weighted by Gasteiger charge is -2.33. The monoisotopic (exact) mass is 261 g/mol. The molecule has 1 N–H and O–H groups in total. The highest BCUT2D eigenvalue weighted by molar-refractivity contribution is 5.91. The van der Waals surface area contributed by atoms with Crippen LogP contribution in [-0.2, 0) is 4.79 Å². The molecule has 1 fully saturated rings. The largest absolute Gasteiger partial charge is 0.310 e. The Morgan fingerprint density at radius 2 is 2.05 bits per heavy atom. The number of likely N-dealkylation sites (tertiary alicyclic amines) is 1. The van der Waals surface area contributed by atoms with Crippen molar-refractivity contribution in [1.29, 1.82) is 0 Å². The molecule has 1 aromatic heterocycles. The fourth-order valence-electron chi connectivity index (χ4n) is 2.52. The molecule has 19 heavy (non-hydrogen) atoms. The van der Waals surface area contributed by atoms with E-state index in [0.29, 0.717) is 11.9 Å². The third-order valence-corrected chi connectivity index (χ3v) is 3.77. The molecule has 1 aliphatic rings. The summed E-state index contributed by atoms with van der Waals surface area (Å²) in [6, 6.07) is 6.26. The molecule has 1 amide bonds. The Bertz CT molecular complexity index is 437. The number of hydrogen-bond acceptors (Lipinski definition) is 3. The summed E-state index contributed by atoms with van der Waals surface area (Å²) < 4.78 is 0. The number of nitrogens with one attached hydrogen (secondary N) is 1. The van der Waals surface area contributed by atoms with E-state index >= 15 is 0 Å². The van der Waals surface area contributed by atoms with Crippen LogP contribution in [0.3, 0.4) is 0 Å². The number of nitrogens with zero attached hydrogens (tertiary/aromatic N) is 2. The highest BCUT2D eigenvalue weighted by Crippen LogP contribution is 2.20. The van der Waals surface area contributed by atoms with Crippen LogP contribution in [0.5, 0.6) is 0 Å². The first-order valence-corrected chi connectivity index (χ1v) is 7.05. The van der Waals surface area contributed by atoms with Gasteiger partial charge in [-0.1, -0.05) is 6.07 Å². The molecular formula is C15H23N3O. The van der Waals surface area contributed by atoms with Crippen LogP contribution in [0.4, 0.5) is 5.82 Å². The maximum absolute atomic E-state index is 12.2. The molecule has 1 saturated heterocycles. The predicted octanol–water partition coefficient (Wildman–Crippen LogP) is 2.45. The summed E-state index contributed by atoms with van der Waals surface area (Å²) in [6.07, 6.45) is 1.88. The maximum atomic E-state index is 12.2. The minimum atomic E-state index is 0.113. The number of carbonyl (C=O) groups is 1. The molecule has 0 aliphatic carbocycles. The lowest BCUT2D eigenvalue weighted by molar-refractivity contribution is -0.121. The number of hydrogen-bond donors (Lipinski definition) is 1. The third kappa shape index (κ3) is 3.77. The standard InChI is InChI=1S/C15H23N3O/c1-11(2)18-9-7-13(8-10-18)15(19)17-14-6-4-5-12(3)16-14/h4-6,11,13H,7-10H2,1-3H3,(H,16,17,19). The molecule has 0 saturated carbocycles. The summed E-state index contributed by atoms with van der Waals surface area (Å²) in [5.41, 5.74) is 0.924. The van der Waals surface area contributed by atoms with E-state index in [9.17, 15) is 4.79 Å². The number of amides is 1. The van der Waals surface area contributed by atoms with Gasteiger partial charge in [0, 0.05) is 17.7 Å². The molecular weight excluding hydrogens is 238 g/mol. The second-order valence-corrected chi connectivity index (χ2v) is 5.56. The number of aryl methyl sites for hydroxylation is 1. The van der Waals surface area contributed by atoms with Gasteiger partial charge in [-0.2, -0.15) is 0 Å². The molecule has 2 rings (SSSR count). The van der Waals surface area contributed by atoms with Crippen LogP contribution >= 0.6 is 0 Å². The molecule has 0 radical (unpaired) electrons. The van der Waals surface area contributed by atoms with Gasteiger partial charge >= 0.3 is 0 Å². The Labute approximate surface area is 115 Å². The molecule has 104 valence electrons. The minimum Gasteiger partial charge on any atom is -0.310 e. The predicted molar refractivity (Wildman–Crippen MR) is 77.0 cm³/mol. The lowest BCUT2D eigenvalue weighted by atomic mass is 9.95. The zero-order valence-corrected chi connectivity index (χ0v) is 12.0. The van der Waals surface area contributed by atoms with Crippen molar-refractivity contribution in [2.45, 2.75) is 39.7 Å². The smallest absolute Gasteiger partial charge is 0.228 e. The zero-order valence-electron chi connectivity index (χ0n) is 12.0. The normalized spacial score (nSPS) is 17.7. The van der Waals surface area contributed by atoms with E-state index < -0.39 is 0 Å². The summed E-state index contributed by atoms with van der Waals surface area (Å²) in [5, 5.41) is 2.93. The van der Waals surface area contributed by atoms with E-state index in [1.165, 1.54) is 0 Å². The fraction of sp³-hybridized carbons (Fsp3) is 0.600. The van der Waals surface area contributed by atoms with Gasteiger partial charge in [0.25, 0.3) is 0 Å². The molecule has 4 heteroatoms. The Kier molecular flexibility index (Phi) is 4.53. The molecule has 0 spiro atoms. The Morgan fingerprint density at radius 3 is 2.63 bits per heavy atom. The van der Waals surface area contributed by atoms with Gasteiger partial charge in [0.05, 0.1) is 0 Å². The summed E-state index contributed by atoms with van der Waals surface area (Å²) in [7, 11) is 0. The first-order chi connectivity index (χ1) is 9.06. The van der Waals surface area contributed by atoms with Gasteiger partial charge in [0.1, 0.15) is 5.82 Å². The van der Waals surface area contributed by atoms with Crippen LogP contribution < -0.4 is 5.32 Å². The van der Waals surface area contributed by atoms with E-state index in [1.807, 2.05) is 25.1 Å². The topological polar surface area (TPSA) is 45.2 Å². The van der Waals surface area contributed by atoms with Crippen molar-refractivity contribution in [3.05, 3.63) is 23.9 Å². The zero-order chi connectivity index (χ0) is 13.8. The second kappa shape index (κ2) is 6.15. The number of carbonyl (C=O) groups excluding carboxylic acids is 1. The Hall–Kier alpha value is -1.42. The molecule has 1 aliphatic heterocycles. The fourth-order valence-corrected chi connectivity index (χ4v) is 2.52. The van der Waals surface area contributed by atoms with Crippen molar-refractivity contribution in [2.24, 2.45) is 5.92 Å². The van der Waals surface area contributed by atoms with E-state index in [4.69, 9.17) is 0 Å². The van der Waals surface area contributed by atoms with Crippen molar-refractivity contribution in [3.63, 3.8) is 0 Å². The minimum absolute atomic E-state index is 0.113. The SMILES string of the molecule is Cc1cccc(NC(=O)C2CCN(C(C)C)CC2)n1. The van der Waals surface area contributed by atoms with Gasteiger partial charge < -0.3 is 10.2 Å². The van der Waals surface area contributed by atoms with Crippen molar-refractivity contribution >= 4 is 11.7 Å². The van der Waals surface area contributed by atoms with Crippen LogP contribution in [0.25, 0.3) is 0 Å². The van der Waals surface area contributed by atoms with Crippen LogP contribution in [-0.4, -0.2) is 34.9 Å². The summed E-state index contributed by atoms with van der Waals surface area (Å²) in [6.45, 7) is 8.36. The average Bonchev–Trinajstić information content (AvgIpc) is 2.39. The molecule has 0 atom stereocenters. The highest BCUT2D eigenvalue weighted by Gasteiger charge is 2.26. The highest BCUT2D eigenvalue weighted by atomic mass is 16.1. The maximum Gasteiger partial charge on any atom is 0.228 e. The van der Waals surface area contributed by atoms with Crippen LogP contribution in [0, 0.1) is 12.8 Å². The van der Waals surface area contributed by atoms with Gasteiger partial charge in [-0.15, -0.1) is 0 Å². The van der Waals surface area contributed by atoms with Crippen LogP contribution in [0.1, 0.15) is 32.4 Å². The number of piperidine rings is 1. The summed E-state index contributed by atoms with van der Waals surface area (Å²) >= 11 is 0. The Balaban J connectivity index is 1.88. The van der Waals surface area contributed by atoms with Gasteiger partial charge in [0.2, 0.25) is 5.91 Å². The number of rotatable bonds is 3. The van der Waals surface area contributed by atoms with Crippen molar-refractivity contribution in [1.82, 2.24) is 9.88 Å². The van der Waals surface area contributed by atoms with Gasteiger partial charge in [-0.3, -0.25) is 4.79 Å². The average molecular weight is 261 g/mol. The summed E-state index contributed by atoms with van der Waals surface area (Å²) in [5.74, 6) is 0.898. The van der Waals surface area contributed by atoms with Gasteiger partial charge in [-0.05, 0) is 58.8 Å². The van der Waals surface area contributed by atoms with Crippen molar-refractivity contribution in [2.75, 3.05) is 18.4 Å².